The Morgan fingerprint density at radius 3 is 2.36 bits per heavy atom. The molecule has 3 nitrogen and oxygen atoms in total. The number of piperidine rings is 1. The first kappa shape index (κ1) is 19.0. The fourth-order valence-electron chi connectivity index (χ4n) is 3.20. The third kappa shape index (κ3) is 4.47. The number of nitrogens with zero attached hydrogens (tertiary/aromatic N) is 1. The summed E-state index contributed by atoms with van der Waals surface area (Å²) in [5.41, 5.74) is 1.16. The van der Waals surface area contributed by atoms with Crippen molar-refractivity contribution in [2.75, 3.05) is 20.1 Å². The van der Waals surface area contributed by atoms with E-state index in [9.17, 15) is 4.79 Å². The van der Waals surface area contributed by atoms with E-state index in [1.54, 1.807) is 0 Å². The second-order valence-electron chi connectivity index (χ2n) is 6.16. The first-order valence-corrected chi connectivity index (χ1v) is 8.18. The Morgan fingerprint density at radius 1 is 1.27 bits per heavy atom. The molecule has 2 rings (SSSR count). The number of amides is 1. The molecular formula is C18H29ClN2O. The van der Waals surface area contributed by atoms with E-state index >= 15 is 0 Å². The minimum Gasteiger partial charge on any atom is -0.342 e. The topological polar surface area (TPSA) is 32.3 Å². The average molecular weight is 325 g/mol. The number of hydrogen-bond donors (Lipinski definition) is 1. The van der Waals surface area contributed by atoms with Crippen molar-refractivity contribution in [2.24, 2.45) is 5.92 Å². The molecule has 2 atom stereocenters. The molecule has 0 saturated carbocycles. The molecule has 1 N–H and O–H groups in total. The Balaban J connectivity index is 0.00000242. The summed E-state index contributed by atoms with van der Waals surface area (Å²) in [6.45, 7) is 6.12. The van der Waals surface area contributed by atoms with Gasteiger partial charge in [0.1, 0.15) is 0 Å². The fraction of sp³-hybridized carbons (Fsp3) is 0.611. The normalized spacial score (nSPS) is 18.4. The van der Waals surface area contributed by atoms with Crippen molar-refractivity contribution >= 4 is 18.3 Å². The van der Waals surface area contributed by atoms with Crippen LogP contribution in [0.1, 0.15) is 44.6 Å². The van der Waals surface area contributed by atoms with Gasteiger partial charge in [-0.2, -0.15) is 0 Å². The molecule has 1 aliphatic rings. The quantitative estimate of drug-likeness (QED) is 0.899. The van der Waals surface area contributed by atoms with Crippen LogP contribution in [0.5, 0.6) is 0 Å². The molecule has 0 bridgehead atoms. The summed E-state index contributed by atoms with van der Waals surface area (Å²) in [5.74, 6) is 0.689. The predicted octanol–water partition coefficient (Wildman–Crippen LogP) is 3.45. The Hall–Kier alpha value is -1.06. The van der Waals surface area contributed by atoms with Crippen LogP contribution in [0, 0.1) is 5.92 Å². The Morgan fingerprint density at radius 2 is 1.86 bits per heavy atom. The third-order valence-electron chi connectivity index (χ3n) is 4.85. The van der Waals surface area contributed by atoms with E-state index in [4.69, 9.17) is 0 Å². The van der Waals surface area contributed by atoms with Crippen molar-refractivity contribution in [1.82, 2.24) is 10.2 Å². The molecule has 4 heteroatoms. The van der Waals surface area contributed by atoms with Gasteiger partial charge in [-0.05, 0) is 31.4 Å². The Labute approximate surface area is 140 Å². The molecule has 0 aliphatic carbocycles. The SMILES string of the molecule is CCC(C)C(C(=O)N1CCC(NC)CC1)c1ccccc1.Cl. The van der Waals surface area contributed by atoms with Crippen molar-refractivity contribution in [3.8, 4) is 0 Å². The summed E-state index contributed by atoms with van der Waals surface area (Å²) in [5, 5.41) is 3.32. The molecule has 124 valence electrons. The highest BCUT2D eigenvalue weighted by atomic mass is 35.5. The highest BCUT2D eigenvalue weighted by Crippen LogP contribution is 2.30. The lowest BCUT2D eigenvalue weighted by Crippen LogP contribution is -2.46. The molecule has 1 saturated heterocycles. The van der Waals surface area contributed by atoms with Gasteiger partial charge in [0.05, 0.1) is 5.92 Å². The van der Waals surface area contributed by atoms with Gasteiger partial charge >= 0.3 is 0 Å². The Bertz CT molecular complexity index is 444. The first-order chi connectivity index (χ1) is 10.2. The lowest BCUT2D eigenvalue weighted by Gasteiger charge is -2.35. The zero-order valence-electron chi connectivity index (χ0n) is 13.9. The maximum absolute atomic E-state index is 13.0. The van der Waals surface area contributed by atoms with E-state index in [0.29, 0.717) is 17.9 Å². The number of rotatable bonds is 5. The van der Waals surface area contributed by atoms with Crippen LogP contribution in [0.2, 0.25) is 0 Å². The van der Waals surface area contributed by atoms with E-state index in [1.807, 2.05) is 25.2 Å². The van der Waals surface area contributed by atoms with Crippen LogP contribution in [0.3, 0.4) is 0 Å². The molecule has 22 heavy (non-hydrogen) atoms. The average Bonchev–Trinajstić information content (AvgIpc) is 2.55. The van der Waals surface area contributed by atoms with E-state index in [1.165, 1.54) is 0 Å². The van der Waals surface area contributed by atoms with Gasteiger partial charge in [0, 0.05) is 19.1 Å². The van der Waals surface area contributed by atoms with Crippen molar-refractivity contribution in [2.45, 2.75) is 45.1 Å². The van der Waals surface area contributed by atoms with Gasteiger partial charge in [-0.1, -0.05) is 50.6 Å². The summed E-state index contributed by atoms with van der Waals surface area (Å²) in [6.07, 6.45) is 3.15. The summed E-state index contributed by atoms with van der Waals surface area (Å²) in [4.78, 5) is 15.1. The number of nitrogens with one attached hydrogen (secondary N) is 1. The monoisotopic (exact) mass is 324 g/mol. The molecule has 0 aromatic heterocycles. The second-order valence-corrected chi connectivity index (χ2v) is 6.16. The Kier molecular flexibility index (Phi) is 7.91. The van der Waals surface area contributed by atoms with E-state index < -0.39 is 0 Å². The van der Waals surface area contributed by atoms with Crippen molar-refractivity contribution in [3.63, 3.8) is 0 Å². The predicted molar refractivity (Wildman–Crippen MR) is 94.5 cm³/mol. The second kappa shape index (κ2) is 9.16. The molecule has 1 heterocycles. The first-order valence-electron chi connectivity index (χ1n) is 8.18. The highest BCUT2D eigenvalue weighted by molar-refractivity contribution is 5.85. The molecule has 2 unspecified atom stereocenters. The van der Waals surface area contributed by atoms with Crippen LogP contribution in [0.4, 0.5) is 0 Å². The number of hydrogen-bond acceptors (Lipinski definition) is 2. The number of likely N-dealkylation sites (tertiary alicyclic amines) is 1. The van der Waals surface area contributed by atoms with Gasteiger partial charge in [0.15, 0.2) is 0 Å². The molecule has 0 radical (unpaired) electrons. The lowest BCUT2D eigenvalue weighted by atomic mass is 9.84. The van der Waals surface area contributed by atoms with E-state index in [0.717, 1.165) is 37.9 Å². The number of carbonyl (C=O) groups excluding carboxylic acids is 1. The largest absolute Gasteiger partial charge is 0.342 e. The van der Waals surface area contributed by atoms with Gasteiger partial charge in [0.2, 0.25) is 5.91 Å². The van der Waals surface area contributed by atoms with Crippen LogP contribution in [0.15, 0.2) is 30.3 Å². The smallest absolute Gasteiger partial charge is 0.230 e. The van der Waals surface area contributed by atoms with Crippen LogP contribution >= 0.6 is 12.4 Å². The summed E-state index contributed by atoms with van der Waals surface area (Å²) in [6, 6.07) is 10.8. The maximum atomic E-state index is 13.0. The minimum absolute atomic E-state index is 0. The lowest BCUT2D eigenvalue weighted by molar-refractivity contribution is -0.135. The number of benzene rings is 1. The van der Waals surface area contributed by atoms with Crippen molar-refractivity contribution in [3.05, 3.63) is 35.9 Å². The maximum Gasteiger partial charge on any atom is 0.230 e. The van der Waals surface area contributed by atoms with Gasteiger partial charge < -0.3 is 10.2 Å². The number of carbonyl (C=O) groups is 1. The standard InChI is InChI=1S/C18H28N2O.ClH/c1-4-14(2)17(15-8-6-5-7-9-15)18(21)20-12-10-16(19-3)11-13-20;/h5-9,14,16-17,19H,4,10-13H2,1-3H3;1H. The molecule has 1 fully saturated rings. The molecule has 1 aromatic rings. The fourth-order valence-corrected chi connectivity index (χ4v) is 3.20. The zero-order chi connectivity index (χ0) is 15.2. The molecular weight excluding hydrogens is 296 g/mol. The number of halogens is 1. The van der Waals surface area contributed by atoms with Gasteiger partial charge in [-0.3, -0.25) is 4.79 Å². The van der Waals surface area contributed by atoms with Crippen LogP contribution in [0.25, 0.3) is 0 Å². The van der Waals surface area contributed by atoms with Gasteiger partial charge in [-0.15, -0.1) is 12.4 Å². The van der Waals surface area contributed by atoms with Crippen LogP contribution < -0.4 is 5.32 Å². The van der Waals surface area contributed by atoms with Crippen molar-refractivity contribution < 1.29 is 4.79 Å². The summed E-state index contributed by atoms with van der Waals surface area (Å²) >= 11 is 0. The molecule has 0 spiro atoms. The van der Waals surface area contributed by atoms with Crippen molar-refractivity contribution in [1.29, 1.82) is 0 Å². The van der Waals surface area contributed by atoms with E-state index in [-0.39, 0.29) is 18.3 Å². The molecule has 1 aliphatic heterocycles. The zero-order valence-corrected chi connectivity index (χ0v) is 14.7. The van der Waals surface area contributed by atoms with Crippen LogP contribution in [-0.4, -0.2) is 37.0 Å². The third-order valence-corrected chi connectivity index (χ3v) is 4.85. The molecule has 1 amide bonds. The minimum atomic E-state index is 0. The van der Waals surface area contributed by atoms with E-state index in [2.05, 4.69) is 36.2 Å². The van der Waals surface area contributed by atoms with Gasteiger partial charge in [0.25, 0.3) is 0 Å². The molecule has 1 aromatic carbocycles. The highest BCUT2D eigenvalue weighted by Gasteiger charge is 2.31. The summed E-state index contributed by atoms with van der Waals surface area (Å²) in [7, 11) is 2.01. The van der Waals surface area contributed by atoms with Gasteiger partial charge in [-0.25, -0.2) is 0 Å². The summed E-state index contributed by atoms with van der Waals surface area (Å²) < 4.78 is 0. The van der Waals surface area contributed by atoms with Crippen LogP contribution in [-0.2, 0) is 4.79 Å².